The van der Waals surface area contributed by atoms with Crippen LogP contribution in [0.3, 0.4) is 0 Å². The van der Waals surface area contributed by atoms with Crippen molar-refractivity contribution >= 4 is 0 Å². The van der Waals surface area contributed by atoms with Gasteiger partial charge in [-0.15, -0.1) is 0 Å². The monoisotopic (exact) mass is 187 g/mol. The van der Waals surface area contributed by atoms with Crippen LogP contribution in [0, 0.1) is 0 Å². The highest BCUT2D eigenvalue weighted by atomic mass is 16.5. The van der Waals surface area contributed by atoms with Gasteiger partial charge in [-0.25, -0.2) is 0 Å². The van der Waals surface area contributed by atoms with Gasteiger partial charge in [0.05, 0.1) is 6.10 Å². The first-order valence-electron chi connectivity index (χ1n) is 5.67. The number of nitrogens with one attached hydrogen (secondary N) is 1. The normalized spacial score (nSPS) is 13.2. The first-order chi connectivity index (χ1) is 6.35. The molecule has 0 spiro atoms. The van der Waals surface area contributed by atoms with Crippen LogP contribution in [0.5, 0.6) is 0 Å². The molecule has 0 bridgehead atoms. The molecular weight excluding hydrogens is 162 g/mol. The van der Waals surface area contributed by atoms with E-state index in [1.807, 2.05) is 0 Å². The van der Waals surface area contributed by atoms with E-state index in [2.05, 4.69) is 26.1 Å². The third kappa shape index (κ3) is 8.26. The van der Waals surface area contributed by atoms with Gasteiger partial charge >= 0.3 is 0 Å². The molecule has 0 aromatic rings. The van der Waals surface area contributed by atoms with E-state index in [4.69, 9.17) is 4.74 Å². The Morgan fingerprint density at radius 3 is 2.38 bits per heavy atom. The summed E-state index contributed by atoms with van der Waals surface area (Å²) in [6.45, 7) is 9.58. The second-order valence-corrected chi connectivity index (χ2v) is 3.49. The lowest BCUT2D eigenvalue weighted by molar-refractivity contribution is 0.0476. The Labute approximate surface area is 83.1 Å². The van der Waals surface area contributed by atoms with Crippen molar-refractivity contribution in [2.45, 2.75) is 52.6 Å². The molecular formula is C11H25NO. The first-order valence-corrected chi connectivity index (χ1v) is 5.67. The summed E-state index contributed by atoms with van der Waals surface area (Å²) in [5.41, 5.74) is 0. The first kappa shape index (κ1) is 12.9. The zero-order valence-electron chi connectivity index (χ0n) is 9.44. The summed E-state index contributed by atoms with van der Waals surface area (Å²) in [6.07, 6.45) is 5.14. The van der Waals surface area contributed by atoms with Gasteiger partial charge in [-0.2, -0.15) is 0 Å². The molecule has 1 atom stereocenters. The Morgan fingerprint density at radius 1 is 1.08 bits per heavy atom. The number of rotatable bonds is 9. The summed E-state index contributed by atoms with van der Waals surface area (Å²) in [5, 5.41) is 3.40. The average molecular weight is 187 g/mol. The maximum Gasteiger partial charge on any atom is 0.0699 e. The lowest BCUT2D eigenvalue weighted by atomic mass is 10.2. The van der Waals surface area contributed by atoms with E-state index in [9.17, 15) is 0 Å². The van der Waals surface area contributed by atoms with Crippen LogP contribution < -0.4 is 5.32 Å². The maximum atomic E-state index is 5.72. The molecule has 0 amide bonds. The van der Waals surface area contributed by atoms with Gasteiger partial charge in [-0.1, -0.05) is 27.2 Å². The predicted octanol–water partition coefficient (Wildman–Crippen LogP) is 2.58. The Kier molecular flexibility index (Phi) is 9.94. The van der Waals surface area contributed by atoms with Gasteiger partial charge in [0, 0.05) is 13.2 Å². The van der Waals surface area contributed by atoms with Crippen LogP contribution in [-0.4, -0.2) is 25.8 Å². The van der Waals surface area contributed by atoms with Crippen molar-refractivity contribution < 1.29 is 4.74 Å². The topological polar surface area (TPSA) is 21.3 Å². The van der Waals surface area contributed by atoms with Crippen molar-refractivity contribution in [1.29, 1.82) is 0 Å². The fourth-order valence-corrected chi connectivity index (χ4v) is 1.29. The van der Waals surface area contributed by atoms with Crippen molar-refractivity contribution in [2.75, 3.05) is 19.7 Å². The van der Waals surface area contributed by atoms with Crippen LogP contribution in [0.4, 0.5) is 0 Å². The number of ether oxygens (including phenoxy) is 1. The van der Waals surface area contributed by atoms with Gasteiger partial charge in [0.15, 0.2) is 0 Å². The summed E-state index contributed by atoms with van der Waals surface area (Å²) < 4.78 is 5.72. The minimum absolute atomic E-state index is 0.427. The van der Waals surface area contributed by atoms with Crippen molar-refractivity contribution in [1.82, 2.24) is 5.32 Å². The quantitative estimate of drug-likeness (QED) is 0.560. The van der Waals surface area contributed by atoms with Crippen LogP contribution >= 0.6 is 0 Å². The van der Waals surface area contributed by atoms with Gasteiger partial charge < -0.3 is 10.1 Å². The van der Waals surface area contributed by atoms with E-state index >= 15 is 0 Å². The molecule has 1 N–H and O–H groups in total. The third-order valence-electron chi connectivity index (χ3n) is 1.97. The highest BCUT2D eigenvalue weighted by Crippen LogP contribution is 2.01. The maximum absolute atomic E-state index is 5.72. The molecule has 0 radical (unpaired) electrons. The van der Waals surface area contributed by atoms with E-state index < -0.39 is 0 Å². The molecule has 2 nitrogen and oxygen atoms in total. The molecule has 1 unspecified atom stereocenters. The standard InChI is InChI=1S/C11H25NO/c1-4-7-11(13-9-6-3)10-12-8-5-2/h11-12H,4-10H2,1-3H3. The Bertz CT molecular complexity index is 96.1. The molecule has 2 heteroatoms. The number of hydrogen-bond donors (Lipinski definition) is 1. The zero-order valence-corrected chi connectivity index (χ0v) is 9.44. The van der Waals surface area contributed by atoms with Gasteiger partial charge in [0.2, 0.25) is 0 Å². The Balaban J connectivity index is 3.41. The highest BCUT2D eigenvalue weighted by Gasteiger charge is 2.05. The van der Waals surface area contributed by atoms with Gasteiger partial charge in [0.1, 0.15) is 0 Å². The summed E-state index contributed by atoms with van der Waals surface area (Å²) in [7, 11) is 0. The molecule has 0 aliphatic heterocycles. The molecule has 80 valence electrons. The molecule has 0 aliphatic carbocycles. The van der Waals surface area contributed by atoms with Gasteiger partial charge in [-0.05, 0) is 25.8 Å². The van der Waals surface area contributed by atoms with Crippen molar-refractivity contribution in [3.05, 3.63) is 0 Å². The lowest BCUT2D eigenvalue weighted by Gasteiger charge is -2.17. The van der Waals surface area contributed by atoms with E-state index in [1.165, 1.54) is 19.3 Å². The fraction of sp³-hybridized carbons (Fsp3) is 1.00. The van der Waals surface area contributed by atoms with Crippen LogP contribution in [0.1, 0.15) is 46.5 Å². The fourth-order valence-electron chi connectivity index (χ4n) is 1.29. The molecule has 0 aliphatic rings. The largest absolute Gasteiger partial charge is 0.377 e. The van der Waals surface area contributed by atoms with Gasteiger partial charge in [-0.3, -0.25) is 0 Å². The zero-order chi connectivity index (χ0) is 9.94. The Hall–Kier alpha value is -0.0800. The molecule has 0 aromatic carbocycles. The van der Waals surface area contributed by atoms with E-state index in [-0.39, 0.29) is 0 Å². The third-order valence-corrected chi connectivity index (χ3v) is 1.97. The molecule has 0 fully saturated rings. The minimum atomic E-state index is 0.427. The van der Waals surface area contributed by atoms with Crippen LogP contribution in [0.25, 0.3) is 0 Å². The minimum Gasteiger partial charge on any atom is -0.377 e. The van der Waals surface area contributed by atoms with E-state index in [0.717, 1.165) is 26.1 Å². The SMILES string of the molecule is CCCNCC(CCC)OCCC. The van der Waals surface area contributed by atoms with Crippen LogP contribution in [0.2, 0.25) is 0 Å². The molecule has 0 saturated carbocycles. The molecule has 0 heterocycles. The van der Waals surface area contributed by atoms with Crippen molar-refractivity contribution in [3.8, 4) is 0 Å². The van der Waals surface area contributed by atoms with Crippen molar-refractivity contribution in [2.24, 2.45) is 0 Å². The van der Waals surface area contributed by atoms with E-state index in [0.29, 0.717) is 6.10 Å². The van der Waals surface area contributed by atoms with E-state index in [1.54, 1.807) is 0 Å². The summed E-state index contributed by atoms with van der Waals surface area (Å²) in [5.74, 6) is 0. The highest BCUT2D eigenvalue weighted by molar-refractivity contribution is 4.60. The van der Waals surface area contributed by atoms with Crippen LogP contribution in [-0.2, 0) is 4.74 Å². The summed E-state index contributed by atoms with van der Waals surface area (Å²) in [4.78, 5) is 0. The second-order valence-electron chi connectivity index (χ2n) is 3.49. The molecule has 0 rings (SSSR count). The smallest absolute Gasteiger partial charge is 0.0699 e. The van der Waals surface area contributed by atoms with Crippen LogP contribution in [0.15, 0.2) is 0 Å². The summed E-state index contributed by atoms with van der Waals surface area (Å²) in [6, 6.07) is 0. The lowest BCUT2D eigenvalue weighted by Crippen LogP contribution is -2.29. The Morgan fingerprint density at radius 2 is 1.85 bits per heavy atom. The molecule has 13 heavy (non-hydrogen) atoms. The predicted molar refractivity (Wildman–Crippen MR) is 58.1 cm³/mol. The number of hydrogen-bond acceptors (Lipinski definition) is 2. The molecule has 0 saturated heterocycles. The average Bonchev–Trinajstić information content (AvgIpc) is 2.14. The molecule has 0 aromatic heterocycles. The van der Waals surface area contributed by atoms with Crippen molar-refractivity contribution in [3.63, 3.8) is 0 Å². The summed E-state index contributed by atoms with van der Waals surface area (Å²) >= 11 is 0. The second kappa shape index (κ2) is 10.0. The van der Waals surface area contributed by atoms with Gasteiger partial charge in [0.25, 0.3) is 0 Å².